The van der Waals surface area contributed by atoms with Gasteiger partial charge in [-0.3, -0.25) is 4.90 Å². The Labute approximate surface area is 159 Å². The Balaban J connectivity index is 1.75. The van der Waals surface area contributed by atoms with Gasteiger partial charge in [0.15, 0.2) is 0 Å². The molecule has 1 heterocycles. The first-order valence-corrected chi connectivity index (χ1v) is 9.61. The van der Waals surface area contributed by atoms with E-state index in [2.05, 4.69) is 9.80 Å². The third-order valence-corrected chi connectivity index (χ3v) is 5.12. The molecular formula is C20H30F4N2O. The minimum atomic E-state index is -4.09. The third kappa shape index (κ3) is 8.58. The van der Waals surface area contributed by atoms with Gasteiger partial charge in [0, 0.05) is 38.7 Å². The van der Waals surface area contributed by atoms with Crippen LogP contribution in [-0.4, -0.2) is 62.4 Å². The number of ether oxygens (including phenoxy) is 1. The van der Waals surface area contributed by atoms with Crippen LogP contribution >= 0.6 is 0 Å². The molecule has 0 N–H and O–H groups in total. The van der Waals surface area contributed by atoms with Gasteiger partial charge in [-0.25, -0.2) is 4.39 Å². The molecule has 0 bridgehead atoms. The third-order valence-electron chi connectivity index (χ3n) is 5.12. The fourth-order valence-electron chi connectivity index (χ4n) is 3.58. The zero-order chi connectivity index (χ0) is 19.7. The number of hydrogen-bond donors (Lipinski definition) is 0. The maximum atomic E-state index is 13.8. The van der Waals surface area contributed by atoms with Crippen LogP contribution in [0.5, 0.6) is 0 Å². The van der Waals surface area contributed by atoms with Crippen molar-refractivity contribution in [3.05, 3.63) is 35.6 Å². The summed E-state index contributed by atoms with van der Waals surface area (Å²) in [5, 5.41) is 0. The molecule has 0 saturated carbocycles. The summed E-state index contributed by atoms with van der Waals surface area (Å²) in [7, 11) is 1.61. The number of nitrogens with zero attached hydrogens (tertiary/aromatic N) is 2. The summed E-state index contributed by atoms with van der Waals surface area (Å²) in [6, 6.07) is 6.84. The molecule has 0 radical (unpaired) electrons. The van der Waals surface area contributed by atoms with E-state index in [-0.39, 0.29) is 12.2 Å². The number of likely N-dealkylation sites (tertiary alicyclic amines) is 1. The van der Waals surface area contributed by atoms with Crippen LogP contribution < -0.4 is 0 Å². The van der Waals surface area contributed by atoms with Gasteiger partial charge in [-0.15, -0.1) is 0 Å². The molecule has 1 aromatic carbocycles. The summed E-state index contributed by atoms with van der Waals surface area (Å²) in [6.07, 6.45) is -2.74. The number of halogens is 4. The van der Waals surface area contributed by atoms with Crippen molar-refractivity contribution in [2.24, 2.45) is 5.92 Å². The van der Waals surface area contributed by atoms with E-state index in [1.165, 1.54) is 6.07 Å². The van der Waals surface area contributed by atoms with Gasteiger partial charge in [0.1, 0.15) is 5.82 Å². The van der Waals surface area contributed by atoms with Crippen LogP contribution in [-0.2, 0) is 11.3 Å². The van der Waals surface area contributed by atoms with Crippen molar-refractivity contribution in [1.29, 1.82) is 0 Å². The highest BCUT2D eigenvalue weighted by Crippen LogP contribution is 2.23. The molecule has 1 aliphatic rings. The van der Waals surface area contributed by atoms with Gasteiger partial charge in [-0.05, 0) is 50.9 Å². The van der Waals surface area contributed by atoms with Gasteiger partial charge in [0.2, 0.25) is 0 Å². The van der Waals surface area contributed by atoms with E-state index in [1.54, 1.807) is 13.2 Å². The second kappa shape index (κ2) is 11.0. The minimum absolute atomic E-state index is 0.124. The van der Waals surface area contributed by atoms with Gasteiger partial charge in [0.25, 0.3) is 0 Å². The van der Waals surface area contributed by atoms with Gasteiger partial charge >= 0.3 is 6.18 Å². The Morgan fingerprint density at radius 2 is 1.85 bits per heavy atom. The summed E-state index contributed by atoms with van der Waals surface area (Å²) in [6.45, 7) is 4.81. The van der Waals surface area contributed by atoms with Crippen LogP contribution in [0.4, 0.5) is 17.6 Å². The van der Waals surface area contributed by atoms with E-state index in [9.17, 15) is 17.6 Å². The Morgan fingerprint density at radius 1 is 1.15 bits per heavy atom. The Hall–Kier alpha value is -1.18. The number of piperidine rings is 1. The molecule has 154 valence electrons. The van der Waals surface area contributed by atoms with Crippen molar-refractivity contribution in [2.45, 2.75) is 38.4 Å². The standard InChI is InChI=1S/C20H30F4N2O/c1-27-14-13-25(10-4-9-20(22,23)24)15-17-7-11-26(12-8-17)16-18-5-2-3-6-19(18)21/h2-3,5-6,17H,4,7-16H2,1H3. The zero-order valence-electron chi connectivity index (χ0n) is 16.0. The summed E-state index contributed by atoms with van der Waals surface area (Å²) < 4.78 is 56.1. The van der Waals surface area contributed by atoms with Crippen molar-refractivity contribution in [3.8, 4) is 0 Å². The molecule has 7 heteroatoms. The summed E-state index contributed by atoms with van der Waals surface area (Å²) in [5.74, 6) is 0.291. The quantitative estimate of drug-likeness (QED) is 0.553. The molecule has 0 unspecified atom stereocenters. The lowest BCUT2D eigenvalue weighted by Crippen LogP contribution is -2.40. The van der Waals surface area contributed by atoms with Crippen LogP contribution in [0.25, 0.3) is 0 Å². The molecular weight excluding hydrogens is 360 g/mol. The molecule has 1 aliphatic heterocycles. The average Bonchev–Trinajstić information content (AvgIpc) is 2.62. The lowest BCUT2D eigenvalue weighted by atomic mass is 9.95. The maximum absolute atomic E-state index is 13.8. The first kappa shape index (κ1) is 22.1. The second-order valence-corrected chi connectivity index (χ2v) is 7.32. The molecule has 2 rings (SSSR count). The van der Waals surface area contributed by atoms with Crippen molar-refractivity contribution in [3.63, 3.8) is 0 Å². The minimum Gasteiger partial charge on any atom is -0.383 e. The first-order chi connectivity index (χ1) is 12.9. The van der Waals surface area contributed by atoms with Crippen LogP contribution in [0, 0.1) is 11.7 Å². The molecule has 0 spiro atoms. The molecule has 1 fully saturated rings. The van der Waals surface area contributed by atoms with Crippen molar-refractivity contribution in [2.75, 3.05) is 46.4 Å². The molecule has 3 nitrogen and oxygen atoms in total. The number of alkyl halides is 3. The summed E-state index contributed by atoms with van der Waals surface area (Å²) in [4.78, 5) is 4.34. The molecule has 0 atom stereocenters. The number of benzene rings is 1. The summed E-state index contributed by atoms with van der Waals surface area (Å²) >= 11 is 0. The van der Waals surface area contributed by atoms with Crippen LogP contribution in [0.15, 0.2) is 24.3 Å². The predicted octanol–water partition coefficient (Wildman–Crippen LogP) is 4.33. The lowest BCUT2D eigenvalue weighted by Gasteiger charge is -2.35. The Bertz CT molecular complexity index is 545. The SMILES string of the molecule is COCCN(CCCC(F)(F)F)CC1CCN(Cc2ccccc2F)CC1. The van der Waals surface area contributed by atoms with Crippen molar-refractivity contribution < 1.29 is 22.3 Å². The second-order valence-electron chi connectivity index (χ2n) is 7.32. The van der Waals surface area contributed by atoms with E-state index in [4.69, 9.17) is 4.74 Å². The van der Waals surface area contributed by atoms with E-state index in [0.717, 1.165) is 32.5 Å². The van der Waals surface area contributed by atoms with Gasteiger partial charge in [-0.1, -0.05) is 18.2 Å². The Kier molecular flexibility index (Phi) is 8.99. The van der Waals surface area contributed by atoms with E-state index >= 15 is 0 Å². The topological polar surface area (TPSA) is 15.7 Å². The van der Waals surface area contributed by atoms with E-state index in [1.807, 2.05) is 12.1 Å². The summed E-state index contributed by atoms with van der Waals surface area (Å²) in [5.41, 5.74) is 0.713. The molecule has 1 saturated heterocycles. The van der Waals surface area contributed by atoms with Crippen LogP contribution in [0.3, 0.4) is 0 Å². The predicted molar refractivity (Wildman–Crippen MR) is 98.0 cm³/mol. The van der Waals surface area contributed by atoms with Crippen molar-refractivity contribution >= 4 is 0 Å². The molecule has 27 heavy (non-hydrogen) atoms. The van der Waals surface area contributed by atoms with Gasteiger partial charge < -0.3 is 9.64 Å². The average molecular weight is 390 g/mol. The van der Waals surface area contributed by atoms with Gasteiger partial charge in [-0.2, -0.15) is 13.2 Å². The molecule has 0 aromatic heterocycles. The Morgan fingerprint density at radius 3 is 2.48 bits per heavy atom. The number of methoxy groups -OCH3 is 1. The monoisotopic (exact) mass is 390 g/mol. The maximum Gasteiger partial charge on any atom is 0.389 e. The van der Waals surface area contributed by atoms with Crippen LogP contribution in [0.2, 0.25) is 0 Å². The van der Waals surface area contributed by atoms with E-state index < -0.39 is 12.6 Å². The highest BCUT2D eigenvalue weighted by molar-refractivity contribution is 5.17. The normalized spacial score (nSPS) is 17.0. The highest BCUT2D eigenvalue weighted by atomic mass is 19.4. The molecule has 1 aromatic rings. The fraction of sp³-hybridized carbons (Fsp3) is 0.700. The fourth-order valence-corrected chi connectivity index (χ4v) is 3.58. The number of rotatable bonds is 10. The molecule has 0 aliphatic carbocycles. The van der Waals surface area contributed by atoms with E-state index in [0.29, 0.717) is 37.7 Å². The first-order valence-electron chi connectivity index (χ1n) is 9.61. The van der Waals surface area contributed by atoms with Crippen LogP contribution in [0.1, 0.15) is 31.2 Å². The lowest BCUT2D eigenvalue weighted by molar-refractivity contribution is -0.136. The molecule has 0 amide bonds. The number of hydrogen-bond acceptors (Lipinski definition) is 3. The highest BCUT2D eigenvalue weighted by Gasteiger charge is 2.27. The smallest absolute Gasteiger partial charge is 0.383 e. The zero-order valence-corrected chi connectivity index (χ0v) is 16.0. The largest absolute Gasteiger partial charge is 0.389 e. The van der Waals surface area contributed by atoms with Gasteiger partial charge in [0.05, 0.1) is 6.61 Å². The van der Waals surface area contributed by atoms with Crippen molar-refractivity contribution in [1.82, 2.24) is 9.80 Å².